The highest BCUT2D eigenvalue weighted by Gasteiger charge is 2.13. The zero-order valence-electron chi connectivity index (χ0n) is 16.4. The summed E-state index contributed by atoms with van der Waals surface area (Å²) in [6, 6.07) is 6.12. The molecule has 2 aromatic rings. The van der Waals surface area contributed by atoms with Crippen LogP contribution in [-0.2, 0) is 26.7 Å². The molecule has 0 N–H and O–H groups in total. The van der Waals surface area contributed by atoms with Crippen LogP contribution >= 0.6 is 8.60 Å². The molecule has 0 aliphatic carbocycles. The van der Waals surface area contributed by atoms with Crippen molar-refractivity contribution in [2.75, 3.05) is 42.0 Å². The van der Waals surface area contributed by atoms with Gasteiger partial charge in [0, 0.05) is 38.4 Å². The molecule has 0 bridgehead atoms. The van der Waals surface area contributed by atoms with E-state index in [9.17, 15) is 0 Å². The lowest BCUT2D eigenvalue weighted by atomic mass is 10.1. The van der Waals surface area contributed by atoms with Gasteiger partial charge in [0.05, 0.1) is 12.6 Å². The fraction of sp³-hybridized carbons (Fsp3) is 0.556. The van der Waals surface area contributed by atoms with Gasteiger partial charge in [-0.25, -0.2) is 0 Å². The molecule has 1 aromatic carbocycles. The van der Waals surface area contributed by atoms with Gasteiger partial charge in [-0.05, 0) is 38.2 Å². The summed E-state index contributed by atoms with van der Waals surface area (Å²) < 4.78 is 23.4. The van der Waals surface area contributed by atoms with Crippen molar-refractivity contribution in [3.05, 3.63) is 30.0 Å². The monoisotopic (exact) mass is 370 g/mol. The fourth-order valence-electron chi connectivity index (χ4n) is 2.41. The third-order valence-corrected chi connectivity index (χ3v) is 4.52. The zero-order chi connectivity index (χ0) is 18.8. The second-order valence-corrected chi connectivity index (χ2v) is 6.84. The highest BCUT2D eigenvalue weighted by Crippen LogP contribution is 2.38. The van der Waals surface area contributed by atoms with Crippen molar-refractivity contribution < 1.29 is 18.3 Å². The first-order valence-electron chi connectivity index (χ1n) is 8.40. The van der Waals surface area contributed by atoms with Crippen LogP contribution in [0.5, 0.6) is 5.75 Å². The normalized spacial score (nSPS) is 11.1. The number of rotatable bonds is 9. The molecule has 0 radical (unpaired) electrons. The van der Waals surface area contributed by atoms with Crippen molar-refractivity contribution >= 4 is 19.5 Å². The molecule has 2 rings (SSSR count). The van der Waals surface area contributed by atoms with Crippen LogP contribution in [0.25, 0.3) is 10.9 Å². The molecule has 0 aliphatic rings. The Kier molecular flexibility index (Phi) is 10.0. The van der Waals surface area contributed by atoms with Crippen molar-refractivity contribution in [3.8, 4) is 5.75 Å². The average Bonchev–Trinajstić information content (AvgIpc) is 2.99. The first kappa shape index (κ1) is 21.9. The molecular formula is C18H31N2O4P. The molecule has 0 amide bonds. The lowest BCUT2D eigenvalue weighted by molar-refractivity contribution is 0.167. The first-order chi connectivity index (χ1) is 12.1. The molecule has 0 fully saturated rings. The minimum absolute atomic E-state index is 0.374. The summed E-state index contributed by atoms with van der Waals surface area (Å²) in [7, 11) is 7.67. The van der Waals surface area contributed by atoms with Gasteiger partial charge in [0.2, 0.25) is 0 Å². The van der Waals surface area contributed by atoms with Crippen LogP contribution in [-0.4, -0.2) is 51.4 Å². The molecule has 0 unspecified atom stereocenters. The maximum absolute atomic E-state index is 5.68. The zero-order valence-corrected chi connectivity index (χ0v) is 17.3. The van der Waals surface area contributed by atoms with E-state index in [-0.39, 0.29) is 0 Å². The molecule has 7 heteroatoms. The van der Waals surface area contributed by atoms with Gasteiger partial charge >= 0.3 is 8.60 Å². The number of benzene rings is 1. The highest BCUT2D eigenvalue weighted by atomic mass is 31.2. The van der Waals surface area contributed by atoms with Gasteiger partial charge in [0.15, 0.2) is 0 Å². The Morgan fingerprint density at radius 2 is 1.76 bits per heavy atom. The van der Waals surface area contributed by atoms with Crippen LogP contribution in [0.2, 0.25) is 0 Å². The number of nitrogens with zero attached hydrogens (tertiary/aromatic N) is 2. The van der Waals surface area contributed by atoms with Crippen LogP contribution in [0.4, 0.5) is 0 Å². The fourth-order valence-corrected chi connectivity index (χ4v) is 2.99. The number of likely N-dealkylation sites (N-methyl/N-ethyl adjacent to an activating group) is 1. The summed E-state index contributed by atoms with van der Waals surface area (Å²) in [6.07, 6.45) is 3.11. The molecule has 142 valence electrons. The molecule has 1 aromatic heterocycles. The number of fused-ring (bicyclic) bond motifs is 1. The standard InChI is InChI=1S/C16H25N2O4P.C2H6/c1-17(2)9-8-13-11-18(12-22-23(20-4)21-5)16-10-14(19-3)6-7-15(13)16;1-2/h6-7,10-11H,8-9,12H2,1-5H3;1-2H3. The Balaban J connectivity index is 0.00000151. The van der Waals surface area contributed by atoms with Crippen LogP contribution in [0.1, 0.15) is 19.4 Å². The lowest BCUT2D eigenvalue weighted by Crippen LogP contribution is -2.14. The number of ether oxygens (including phenoxy) is 1. The van der Waals surface area contributed by atoms with Gasteiger partial charge in [-0.3, -0.25) is 4.52 Å². The second-order valence-electron chi connectivity index (χ2n) is 5.41. The van der Waals surface area contributed by atoms with Gasteiger partial charge in [-0.2, -0.15) is 0 Å². The summed E-state index contributed by atoms with van der Waals surface area (Å²) in [5, 5.41) is 1.22. The Hall–Kier alpha value is -1.17. The van der Waals surface area contributed by atoms with Crippen LogP contribution in [0.3, 0.4) is 0 Å². The summed E-state index contributed by atoms with van der Waals surface area (Å²) in [4.78, 5) is 2.18. The molecule has 1 heterocycles. The molecular weight excluding hydrogens is 339 g/mol. The lowest BCUT2D eigenvalue weighted by Gasteiger charge is -2.13. The maximum Gasteiger partial charge on any atom is 0.333 e. The van der Waals surface area contributed by atoms with Crippen LogP contribution < -0.4 is 4.74 Å². The molecule has 0 saturated carbocycles. The van der Waals surface area contributed by atoms with E-state index >= 15 is 0 Å². The van der Waals surface area contributed by atoms with Gasteiger partial charge in [-0.15, -0.1) is 0 Å². The Morgan fingerprint density at radius 1 is 1.08 bits per heavy atom. The minimum Gasteiger partial charge on any atom is -0.497 e. The number of hydrogen-bond acceptors (Lipinski definition) is 5. The highest BCUT2D eigenvalue weighted by molar-refractivity contribution is 7.41. The van der Waals surface area contributed by atoms with Crippen LogP contribution in [0, 0.1) is 0 Å². The van der Waals surface area contributed by atoms with Crippen molar-refractivity contribution in [2.24, 2.45) is 0 Å². The molecule has 0 spiro atoms. The van der Waals surface area contributed by atoms with E-state index in [1.807, 2.05) is 26.0 Å². The van der Waals surface area contributed by atoms with Gasteiger partial charge in [0.25, 0.3) is 0 Å². The first-order valence-corrected chi connectivity index (χ1v) is 9.50. The Morgan fingerprint density at radius 3 is 2.32 bits per heavy atom. The van der Waals surface area contributed by atoms with Crippen molar-refractivity contribution in [2.45, 2.75) is 27.0 Å². The van der Waals surface area contributed by atoms with E-state index < -0.39 is 8.60 Å². The van der Waals surface area contributed by atoms with E-state index in [1.54, 1.807) is 21.3 Å². The molecule has 0 aliphatic heterocycles. The van der Waals surface area contributed by atoms with E-state index in [4.69, 9.17) is 18.3 Å². The van der Waals surface area contributed by atoms with E-state index in [1.165, 1.54) is 10.9 Å². The average molecular weight is 370 g/mol. The van der Waals surface area contributed by atoms with Crippen molar-refractivity contribution in [3.63, 3.8) is 0 Å². The van der Waals surface area contributed by atoms with E-state index in [0.29, 0.717) is 6.73 Å². The van der Waals surface area contributed by atoms with Gasteiger partial charge in [0.1, 0.15) is 12.5 Å². The predicted octanol–water partition coefficient (Wildman–Crippen LogP) is 4.27. The quantitative estimate of drug-likeness (QED) is 0.617. The number of methoxy groups -OCH3 is 1. The third kappa shape index (κ3) is 6.24. The second kappa shape index (κ2) is 11.4. The molecule has 0 atom stereocenters. The van der Waals surface area contributed by atoms with E-state index in [2.05, 4.69) is 35.8 Å². The van der Waals surface area contributed by atoms with Crippen molar-refractivity contribution in [1.82, 2.24) is 9.47 Å². The maximum atomic E-state index is 5.68. The largest absolute Gasteiger partial charge is 0.497 e. The number of hydrogen-bond donors (Lipinski definition) is 0. The molecule has 0 saturated heterocycles. The summed E-state index contributed by atoms with van der Waals surface area (Å²) in [6.45, 7) is 5.37. The third-order valence-electron chi connectivity index (χ3n) is 3.60. The Bertz CT molecular complexity index is 627. The summed E-state index contributed by atoms with van der Waals surface area (Å²) in [5.41, 5.74) is 2.37. The van der Waals surface area contributed by atoms with E-state index in [0.717, 1.165) is 24.2 Å². The summed E-state index contributed by atoms with van der Waals surface area (Å²) >= 11 is 0. The SMILES string of the molecule is CC.COc1ccc2c(CCN(C)C)cn(COP(OC)OC)c2c1. The Labute approximate surface area is 152 Å². The summed E-state index contributed by atoms with van der Waals surface area (Å²) in [5.74, 6) is 0.830. The molecule has 6 nitrogen and oxygen atoms in total. The molecule has 25 heavy (non-hydrogen) atoms. The minimum atomic E-state index is -1.32. The van der Waals surface area contributed by atoms with Gasteiger partial charge in [-0.1, -0.05) is 13.8 Å². The number of aromatic nitrogens is 1. The smallest absolute Gasteiger partial charge is 0.333 e. The van der Waals surface area contributed by atoms with Gasteiger partial charge < -0.3 is 23.3 Å². The van der Waals surface area contributed by atoms with Crippen molar-refractivity contribution in [1.29, 1.82) is 0 Å². The van der Waals surface area contributed by atoms with Crippen LogP contribution in [0.15, 0.2) is 24.4 Å². The topological polar surface area (TPSA) is 45.1 Å². The predicted molar refractivity (Wildman–Crippen MR) is 104 cm³/mol.